The normalized spacial score (nSPS) is 19.9. The van der Waals surface area contributed by atoms with E-state index in [2.05, 4.69) is 57.8 Å². The van der Waals surface area contributed by atoms with Gasteiger partial charge in [0.25, 0.3) is 0 Å². The standard InChI is InChI=1S/C23H33N5/c1-18-5-9-27(10-6-18)17-20-3-4-23-22(19(20)2)15-21(16-24)28(23)14-13-26-11-7-25-8-12-26/h3-4,15,18,25H,5-14,17H2,1-2H3. The van der Waals surface area contributed by atoms with Gasteiger partial charge in [-0.2, -0.15) is 5.26 Å². The summed E-state index contributed by atoms with van der Waals surface area (Å²) in [5, 5.41) is 14.4. The van der Waals surface area contributed by atoms with Crippen molar-refractivity contribution >= 4 is 10.9 Å². The Morgan fingerprint density at radius 3 is 2.54 bits per heavy atom. The van der Waals surface area contributed by atoms with Crippen molar-refractivity contribution in [3.8, 4) is 6.07 Å². The van der Waals surface area contributed by atoms with Crippen LogP contribution < -0.4 is 5.32 Å². The Labute approximate surface area is 168 Å². The topological polar surface area (TPSA) is 47.2 Å². The summed E-state index contributed by atoms with van der Waals surface area (Å²) in [6.45, 7) is 14.2. The van der Waals surface area contributed by atoms with Crippen molar-refractivity contribution in [1.82, 2.24) is 19.7 Å². The number of fused-ring (bicyclic) bond motifs is 1. The van der Waals surface area contributed by atoms with E-state index < -0.39 is 0 Å². The summed E-state index contributed by atoms with van der Waals surface area (Å²) in [4.78, 5) is 5.07. The fourth-order valence-electron chi connectivity index (χ4n) is 4.66. The third-order valence-electron chi connectivity index (χ3n) is 6.70. The van der Waals surface area contributed by atoms with Gasteiger partial charge in [0, 0.05) is 56.7 Å². The van der Waals surface area contributed by atoms with E-state index in [1.807, 2.05) is 0 Å². The van der Waals surface area contributed by atoms with E-state index in [-0.39, 0.29) is 0 Å². The van der Waals surface area contributed by atoms with Crippen LogP contribution in [-0.4, -0.2) is 60.2 Å². The molecule has 3 heterocycles. The van der Waals surface area contributed by atoms with Gasteiger partial charge in [0.2, 0.25) is 0 Å². The van der Waals surface area contributed by atoms with Crippen LogP contribution in [0.25, 0.3) is 10.9 Å². The van der Waals surface area contributed by atoms with Gasteiger partial charge in [-0.15, -0.1) is 0 Å². The number of benzene rings is 1. The molecule has 0 atom stereocenters. The lowest BCUT2D eigenvalue weighted by atomic mass is 9.97. The molecule has 2 aliphatic heterocycles. The Bertz CT molecular complexity index is 848. The zero-order chi connectivity index (χ0) is 19.5. The summed E-state index contributed by atoms with van der Waals surface area (Å²) in [7, 11) is 0. The van der Waals surface area contributed by atoms with Crippen LogP contribution in [-0.2, 0) is 13.1 Å². The van der Waals surface area contributed by atoms with Gasteiger partial charge in [-0.05, 0) is 62.0 Å². The lowest BCUT2D eigenvalue weighted by Gasteiger charge is -2.30. The Hall–Kier alpha value is -1.87. The zero-order valence-corrected chi connectivity index (χ0v) is 17.4. The number of aryl methyl sites for hydroxylation is 1. The fourth-order valence-corrected chi connectivity index (χ4v) is 4.66. The quantitative estimate of drug-likeness (QED) is 0.868. The predicted molar refractivity (Wildman–Crippen MR) is 114 cm³/mol. The van der Waals surface area contributed by atoms with Crippen molar-refractivity contribution in [1.29, 1.82) is 5.26 Å². The average Bonchev–Trinajstić information content (AvgIpc) is 3.09. The third kappa shape index (κ3) is 4.10. The second-order valence-electron chi connectivity index (χ2n) is 8.63. The Morgan fingerprint density at radius 1 is 1.07 bits per heavy atom. The number of aromatic nitrogens is 1. The molecule has 0 saturated carbocycles. The molecule has 2 saturated heterocycles. The molecule has 28 heavy (non-hydrogen) atoms. The largest absolute Gasteiger partial charge is 0.331 e. The zero-order valence-electron chi connectivity index (χ0n) is 17.4. The molecule has 0 radical (unpaired) electrons. The van der Waals surface area contributed by atoms with E-state index in [0.717, 1.165) is 57.4 Å². The monoisotopic (exact) mass is 379 g/mol. The highest BCUT2D eigenvalue weighted by Crippen LogP contribution is 2.27. The van der Waals surface area contributed by atoms with Crippen LogP contribution in [0.2, 0.25) is 0 Å². The van der Waals surface area contributed by atoms with Gasteiger partial charge in [0.1, 0.15) is 11.8 Å². The minimum Gasteiger partial charge on any atom is -0.331 e. The molecule has 2 aromatic rings. The summed E-state index contributed by atoms with van der Waals surface area (Å²) in [6, 6.07) is 9.06. The van der Waals surface area contributed by atoms with Gasteiger partial charge in [-0.25, -0.2) is 0 Å². The number of hydrogen-bond donors (Lipinski definition) is 1. The highest BCUT2D eigenvalue weighted by atomic mass is 15.2. The second kappa shape index (κ2) is 8.65. The predicted octanol–water partition coefficient (Wildman–Crippen LogP) is 2.96. The molecule has 0 unspecified atom stereocenters. The molecule has 1 aromatic carbocycles. The van der Waals surface area contributed by atoms with Gasteiger partial charge >= 0.3 is 0 Å². The van der Waals surface area contributed by atoms with E-state index in [0.29, 0.717) is 0 Å². The van der Waals surface area contributed by atoms with Gasteiger partial charge in [-0.3, -0.25) is 9.80 Å². The SMILES string of the molecule is Cc1c(CN2CCC(C)CC2)ccc2c1cc(C#N)n2CCN1CCNCC1. The summed E-state index contributed by atoms with van der Waals surface area (Å²) in [5.74, 6) is 0.864. The van der Waals surface area contributed by atoms with Crippen LogP contribution in [0.3, 0.4) is 0 Å². The first-order valence-electron chi connectivity index (χ1n) is 10.8. The maximum Gasteiger partial charge on any atom is 0.121 e. The summed E-state index contributed by atoms with van der Waals surface area (Å²) in [5.41, 5.74) is 4.75. The second-order valence-corrected chi connectivity index (χ2v) is 8.63. The van der Waals surface area contributed by atoms with E-state index in [1.165, 1.54) is 48.0 Å². The highest BCUT2D eigenvalue weighted by molar-refractivity contribution is 5.86. The molecule has 0 bridgehead atoms. The van der Waals surface area contributed by atoms with Crippen LogP contribution in [0.5, 0.6) is 0 Å². The molecular weight excluding hydrogens is 346 g/mol. The maximum absolute atomic E-state index is 9.70. The van der Waals surface area contributed by atoms with Crippen LogP contribution in [0, 0.1) is 24.2 Å². The van der Waals surface area contributed by atoms with Gasteiger partial charge < -0.3 is 9.88 Å². The molecular formula is C23H33N5. The number of hydrogen-bond acceptors (Lipinski definition) is 4. The molecule has 2 aliphatic rings. The minimum absolute atomic E-state index is 0.789. The lowest BCUT2D eigenvalue weighted by Crippen LogP contribution is -2.44. The average molecular weight is 380 g/mol. The molecule has 2 fully saturated rings. The van der Waals surface area contributed by atoms with E-state index in [9.17, 15) is 5.26 Å². The Morgan fingerprint density at radius 2 is 1.82 bits per heavy atom. The van der Waals surface area contributed by atoms with Gasteiger partial charge in [-0.1, -0.05) is 13.0 Å². The summed E-state index contributed by atoms with van der Waals surface area (Å²) < 4.78 is 2.22. The molecule has 150 valence electrons. The highest BCUT2D eigenvalue weighted by Gasteiger charge is 2.18. The molecule has 1 aromatic heterocycles. The molecule has 4 rings (SSSR count). The van der Waals surface area contributed by atoms with E-state index >= 15 is 0 Å². The minimum atomic E-state index is 0.789. The van der Waals surface area contributed by atoms with Crippen LogP contribution in [0.1, 0.15) is 36.6 Å². The number of piperazine rings is 1. The van der Waals surface area contributed by atoms with Crippen molar-refractivity contribution < 1.29 is 0 Å². The lowest BCUT2D eigenvalue weighted by molar-refractivity contribution is 0.185. The Kier molecular flexibility index (Phi) is 6.01. The van der Waals surface area contributed by atoms with Gasteiger partial charge in [0.05, 0.1) is 0 Å². The molecule has 1 N–H and O–H groups in total. The smallest absolute Gasteiger partial charge is 0.121 e. The molecule has 5 heteroatoms. The number of nitriles is 1. The van der Waals surface area contributed by atoms with Gasteiger partial charge in [0.15, 0.2) is 0 Å². The number of rotatable bonds is 5. The van der Waals surface area contributed by atoms with Crippen molar-refractivity contribution in [3.63, 3.8) is 0 Å². The first-order chi connectivity index (χ1) is 13.7. The van der Waals surface area contributed by atoms with Crippen LogP contribution >= 0.6 is 0 Å². The molecule has 5 nitrogen and oxygen atoms in total. The maximum atomic E-state index is 9.70. The van der Waals surface area contributed by atoms with Crippen LogP contribution in [0.15, 0.2) is 18.2 Å². The van der Waals surface area contributed by atoms with E-state index in [4.69, 9.17) is 0 Å². The fraction of sp³-hybridized carbons (Fsp3) is 0.609. The third-order valence-corrected chi connectivity index (χ3v) is 6.70. The van der Waals surface area contributed by atoms with Crippen molar-refractivity contribution in [3.05, 3.63) is 35.0 Å². The number of piperidine rings is 1. The molecule has 0 aliphatic carbocycles. The first kappa shape index (κ1) is 19.4. The summed E-state index contributed by atoms with van der Waals surface area (Å²) in [6.07, 6.45) is 2.62. The number of nitrogens with one attached hydrogen (secondary N) is 1. The first-order valence-corrected chi connectivity index (χ1v) is 10.8. The Balaban J connectivity index is 1.54. The molecule has 0 amide bonds. The van der Waals surface area contributed by atoms with E-state index in [1.54, 1.807) is 0 Å². The van der Waals surface area contributed by atoms with Crippen LogP contribution in [0.4, 0.5) is 0 Å². The number of nitrogens with zero attached hydrogens (tertiary/aromatic N) is 4. The number of likely N-dealkylation sites (tertiary alicyclic amines) is 1. The summed E-state index contributed by atoms with van der Waals surface area (Å²) >= 11 is 0. The van der Waals surface area contributed by atoms with Crippen molar-refractivity contribution in [2.24, 2.45) is 5.92 Å². The molecule has 0 spiro atoms. The van der Waals surface area contributed by atoms with Crippen molar-refractivity contribution in [2.45, 2.75) is 39.8 Å². The van der Waals surface area contributed by atoms with Crippen molar-refractivity contribution in [2.75, 3.05) is 45.8 Å².